The minimum atomic E-state index is 0.284. The van der Waals surface area contributed by atoms with Crippen LogP contribution in [0.5, 0.6) is 0 Å². The number of benzene rings is 1. The Morgan fingerprint density at radius 3 is 2.21 bits per heavy atom. The predicted octanol–water partition coefficient (Wildman–Crippen LogP) is 5.76. The van der Waals surface area contributed by atoms with E-state index in [0.29, 0.717) is 5.92 Å². The van der Waals surface area contributed by atoms with Gasteiger partial charge in [0.2, 0.25) is 5.69 Å². The number of rotatable bonds is 6. The average molecular weight is 325 g/mol. The standard InChI is InChI=1S/C23H34N/c1-8-23(6,9-2)20-11-12-21(18(5)15-20)22-13-10-19(14-17(3)4)16-24(22)7/h10-13,15-17H,8-9,14H2,1-7H3/q+1. The third kappa shape index (κ3) is 3.88. The SMILES string of the molecule is CCC(C)(CC)c1ccc(-c2ccc(CC(C)C)c[n+]2C)c(C)c1. The van der Waals surface area contributed by atoms with Gasteiger partial charge >= 0.3 is 0 Å². The first-order chi connectivity index (χ1) is 11.3. The molecule has 1 heteroatoms. The van der Waals surface area contributed by atoms with E-state index in [4.69, 9.17) is 0 Å². The van der Waals surface area contributed by atoms with Gasteiger partial charge in [0.25, 0.3) is 0 Å². The molecular weight excluding hydrogens is 290 g/mol. The number of hydrogen-bond donors (Lipinski definition) is 0. The molecule has 0 saturated carbocycles. The highest BCUT2D eigenvalue weighted by Gasteiger charge is 2.23. The molecule has 0 aliphatic heterocycles. The fourth-order valence-corrected chi connectivity index (χ4v) is 3.52. The quantitative estimate of drug-likeness (QED) is 0.595. The first-order valence-corrected chi connectivity index (χ1v) is 9.40. The Balaban J connectivity index is 2.40. The number of pyridine rings is 1. The second-order valence-corrected chi connectivity index (χ2v) is 7.93. The van der Waals surface area contributed by atoms with Crippen molar-refractivity contribution in [2.24, 2.45) is 13.0 Å². The van der Waals surface area contributed by atoms with Crippen LogP contribution in [0.4, 0.5) is 0 Å². The van der Waals surface area contributed by atoms with Crippen molar-refractivity contribution in [2.75, 3.05) is 0 Å². The Kier molecular flexibility index (Phi) is 5.85. The van der Waals surface area contributed by atoms with Crippen LogP contribution >= 0.6 is 0 Å². The van der Waals surface area contributed by atoms with E-state index >= 15 is 0 Å². The van der Waals surface area contributed by atoms with Crippen LogP contribution in [0.25, 0.3) is 11.3 Å². The molecule has 1 aromatic heterocycles. The molecule has 0 bridgehead atoms. The normalized spacial score (nSPS) is 12.0. The van der Waals surface area contributed by atoms with Crippen LogP contribution in [-0.2, 0) is 18.9 Å². The molecule has 0 aliphatic rings. The van der Waals surface area contributed by atoms with E-state index in [9.17, 15) is 0 Å². The fraction of sp³-hybridized carbons (Fsp3) is 0.522. The number of aromatic nitrogens is 1. The van der Waals surface area contributed by atoms with Crippen molar-refractivity contribution in [1.29, 1.82) is 0 Å². The minimum Gasteiger partial charge on any atom is -0.201 e. The lowest BCUT2D eigenvalue weighted by atomic mass is 9.77. The van der Waals surface area contributed by atoms with Gasteiger partial charge in [0, 0.05) is 17.2 Å². The molecule has 1 nitrogen and oxygen atoms in total. The van der Waals surface area contributed by atoms with E-state index in [2.05, 4.69) is 89.7 Å². The third-order valence-electron chi connectivity index (χ3n) is 5.60. The molecule has 1 heterocycles. The molecule has 0 fully saturated rings. The van der Waals surface area contributed by atoms with Gasteiger partial charge in [-0.05, 0) is 60.8 Å². The highest BCUT2D eigenvalue weighted by atomic mass is 14.9. The zero-order chi connectivity index (χ0) is 17.9. The summed E-state index contributed by atoms with van der Waals surface area (Å²) >= 11 is 0. The summed E-state index contributed by atoms with van der Waals surface area (Å²) in [6.07, 6.45) is 5.78. The summed E-state index contributed by atoms with van der Waals surface area (Å²) < 4.78 is 2.28. The smallest absolute Gasteiger partial charge is 0.201 e. The second-order valence-electron chi connectivity index (χ2n) is 7.93. The molecule has 0 radical (unpaired) electrons. The number of hydrogen-bond acceptors (Lipinski definition) is 0. The van der Waals surface area contributed by atoms with Gasteiger partial charge in [-0.15, -0.1) is 0 Å². The Morgan fingerprint density at radius 1 is 1.04 bits per heavy atom. The Bertz CT molecular complexity index is 693. The third-order valence-corrected chi connectivity index (χ3v) is 5.60. The highest BCUT2D eigenvalue weighted by Crippen LogP contribution is 2.33. The molecule has 0 unspecified atom stereocenters. The molecule has 1 aromatic carbocycles. The van der Waals surface area contributed by atoms with Crippen molar-refractivity contribution in [1.82, 2.24) is 0 Å². The van der Waals surface area contributed by atoms with Crippen molar-refractivity contribution in [3.63, 3.8) is 0 Å². The van der Waals surface area contributed by atoms with E-state index in [0.717, 1.165) is 6.42 Å². The van der Waals surface area contributed by atoms with E-state index in [1.807, 2.05) is 0 Å². The van der Waals surface area contributed by atoms with Gasteiger partial charge in [-0.25, -0.2) is 4.57 Å². The van der Waals surface area contributed by atoms with Crippen LogP contribution in [0, 0.1) is 12.8 Å². The van der Waals surface area contributed by atoms with Crippen molar-refractivity contribution in [3.8, 4) is 11.3 Å². The van der Waals surface area contributed by atoms with Gasteiger partial charge in [-0.2, -0.15) is 0 Å². The van der Waals surface area contributed by atoms with Crippen molar-refractivity contribution < 1.29 is 4.57 Å². The van der Waals surface area contributed by atoms with E-state index in [1.54, 1.807) is 0 Å². The lowest BCUT2D eigenvalue weighted by Crippen LogP contribution is -2.31. The fourth-order valence-electron chi connectivity index (χ4n) is 3.52. The molecule has 2 rings (SSSR count). The summed E-state index contributed by atoms with van der Waals surface area (Å²) in [5, 5.41) is 0. The Labute approximate surface area is 148 Å². The van der Waals surface area contributed by atoms with Gasteiger partial charge in [-0.1, -0.05) is 46.8 Å². The summed E-state index contributed by atoms with van der Waals surface area (Å²) in [4.78, 5) is 0. The number of nitrogens with zero attached hydrogens (tertiary/aromatic N) is 1. The van der Waals surface area contributed by atoms with Crippen LogP contribution in [0.2, 0.25) is 0 Å². The summed E-state index contributed by atoms with van der Waals surface area (Å²) in [6, 6.07) is 11.6. The summed E-state index contributed by atoms with van der Waals surface area (Å²) in [5.41, 5.74) is 7.16. The van der Waals surface area contributed by atoms with E-state index in [1.165, 1.54) is 40.8 Å². The molecule has 0 atom stereocenters. The predicted molar refractivity (Wildman–Crippen MR) is 104 cm³/mol. The highest BCUT2D eigenvalue weighted by molar-refractivity contribution is 5.62. The van der Waals surface area contributed by atoms with Crippen LogP contribution in [0.3, 0.4) is 0 Å². The van der Waals surface area contributed by atoms with Crippen molar-refractivity contribution >= 4 is 0 Å². The van der Waals surface area contributed by atoms with Gasteiger partial charge in [0.1, 0.15) is 7.05 Å². The van der Waals surface area contributed by atoms with Crippen molar-refractivity contribution in [2.45, 2.75) is 66.2 Å². The minimum absolute atomic E-state index is 0.284. The largest absolute Gasteiger partial charge is 0.212 e. The van der Waals surface area contributed by atoms with Crippen molar-refractivity contribution in [3.05, 3.63) is 53.2 Å². The maximum atomic E-state index is 2.39. The molecule has 0 aliphatic carbocycles. The number of aryl methyl sites for hydroxylation is 2. The molecule has 24 heavy (non-hydrogen) atoms. The topological polar surface area (TPSA) is 3.88 Å². The van der Waals surface area contributed by atoms with E-state index in [-0.39, 0.29) is 5.41 Å². The molecule has 0 N–H and O–H groups in total. The molecule has 0 saturated heterocycles. The second kappa shape index (κ2) is 7.51. The molecule has 0 amide bonds. The van der Waals surface area contributed by atoms with Gasteiger partial charge in [0.15, 0.2) is 6.20 Å². The van der Waals surface area contributed by atoms with Crippen LogP contribution in [-0.4, -0.2) is 0 Å². The molecule has 2 aromatic rings. The Morgan fingerprint density at radius 2 is 1.71 bits per heavy atom. The first-order valence-electron chi connectivity index (χ1n) is 9.40. The maximum absolute atomic E-state index is 2.39. The zero-order valence-electron chi connectivity index (χ0n) is 16.6. The Hall–Kier alpha value is -1.63. The summed E-state index contributed by atoms with van der Waals surface area (Å²) in [6.45, 7) is 13.7. The lowest BCUT2D eigenvalue weighted by molar-refractivity contribution is -0.660. The average Bonchev–Trinajstić information content (AvgIpc) is 2.54. The van der Waals surface area contributed by atoms with Gasteiger partial charge in [0.05, 0.1) is 0 Å². The lowest BCUT2D eigenvalue weighted by Gasteiger charge is -2.28. The van der Waals surface area contributed by atoms with Gasteiger partial charge < -0.3 is 0 Å². The maximum Gasteiger partial charge on any atom is 0.212 e. The molecular formula is C23H34N+. The van der Waals surface area contributed by atoms with Crippen LogP contribution in [0.1, 0.15) is 64.2 Å². The van der Waals surface area contributed by atoms with Gasteiger partial charge in [-0.3, -0.25) is 0 Å². The molecule has 130 valence electrons. The molecule has 0 spiro atoms. The summed E-state index contributed by atoms with van der Waals surface area (Å²) in [5.74, 6) is 0.692. The van der Waals surface area contributed by atoms with E-state index < -0.39 is 0 Å². The summed E-state index contributed by atoms with van der Waals surface area (Å²) in [7, 11) is 2.16. The first kappa shape index (κ1) is 18.7. The monoisotopic (exact) mass is 324 g/mol. The zero-order valence-corrected chi connectivity index (χ0v) is 16.6. The van der Waals surface area contributed by atoms with Crippen LogP contribution in [0.15, 0.2) is 36.5 Å². The van der Waals surface area contributed by atoms with Crippen LogP contribution < -0.4 is 4.57 Å².